The molecular weight excluding hydrogens is 354 g/mol. The Morgan fingerprint density at radius 3 is 2.63 bits per heavy atom. The van der Waals surface area contributed by atoms with Gasteiger partial charge in [0.05, 0.1) is 6.10 Å². The van der Waals surface area contributed by atoms with E-state index in [1.807, 2.05) is 26.0 Å². The Kier molecular flexibility index (Phi) is 10.2. The number of carboxylic acids is 1. The fourth-order valence-electron chi connectivity index (χ4n) is 3.71. The van der Waals surface area contributed by atoms with Gasteiger partial charge in [-0.3, -0.25) is 4.79 Å². The topological polar surface area (TPSA) is 77.8 Å². The Morgan fingerprint density at radius 2 is 2.00 bits per heavy atom. The molecule has 156 valence electrons. The number of carbonyl (C=O) groups is 1. The zero-order valence-corrected chi connectivity index (χ0v) is 16.4. The molecule has 0 aromatic heterocycles. The number of alkyl halides is 2. The van der Waals surface area contributed by atoms with Gasteiger partial charge in [0.2, 0.25) is 0 Å². The van der Waals surface area contributed by atoms with Crippen molar-refractivity contribution >= 4 is 5.97 Å². The molecule has 4 nitrogen and oxygen atoms in total. The minimum absolute atomic E-state index is 0.0692. The van der Waals surface area contributed by atoms with Crippen LogP contribution in [0.3, 0.4) is 0 Å². The minimum atomic E-state index is -3.13. The number of halogens is 2. The zero-order valence-electron chi connectivity index (χ0n) is 16.4. The lowest BCUT2D eigenvalue weighted by Crippen LogP contribution is -2.32. The first-order valence-electron chi connectivity index (χ1n) is 9.98. The van der Waals surface area contributed by atoms with Crippen LogP contribution in [0.1, 0.15) is 65.2 Å². The molecule has 6 heteroatoms. The molecule has 1 aliphatic carbocycles. The summed E-state index contributed by atoms with van der Waals surface area (Å²) >= 11 is 0. The number of hydrogen-bond acceptors (Lipinski definition) is 3. The molecule has 1 rings (SSSR count). The van der Waals surface area contributed by atoms with Crippen molar-refractivity contribution in [3.05, 3.63) is 24.3 Å². The molecule has 0 saturated heterocycles. The van der Waals surface area contributed by atoms with E-state index >= 15 is 0 Å². The van der Waals surface area contributed by atoms with Crippen molar-refractivity contribution in [3.63, 3.8) is 0 Å². The predicted molar refractivity (Wildman–Crippen MR) is 102 cm³/mol. The highest BCUT2D eigenvalue weighted by molar-refractivity contribution is 5.66. The molecular formula is C21H34F2O4. The zero-order chi connectivity index (χ0) is 20.4. The molecule has 1 aliphatic rings. The molecule has 0 amide bonds. The van der Waals surface area contributed by atoms with E-state index in [9.17, 15) is 23.8 Å². The monoisotopic (exact) mass is 388 g/mol. The average molecular weight is 388 g/mol. The van der Waals surface area contributed by atoms with Crippen LogP contribution in [0.2, 0.25) is 0 Å². The fraction of sp³-hybridized carbons (Fsp3) is 0.762. The van der Waals surface area contributed by atoms with Crippen molar-refractivity contribution < 1.29 is 28.9 Å². The first-order chi connectivity index (χ1) is 12.7. The quantitative estimate of drug-likeness (QED) is 0.338. The van der Waals surface area contributed by atoms with Gasteiger partial charge in [0.15, 0.2) is 0 Å². The molecule has 0 aromatic carbocycles. The van der Waals surface area contributed by atoms with Crippen LogP contribution in [0, 0.1) is 17.8 Å². The average Bonchev–Trinajstić information content (AvgIpc) is 2.86. The van der Waals surface area contributed by atoms with E-state index < -0.39 is 24.1 Å². The Labute approximate surface area is 161 Å². The summed E-state index contributed by atoms with van der Waals surface area (Å²) < 4.78 is 27.8. The van der Waals surface area contributed by atoms with Gasteiger partial charge in [0.1, 0.15) is 6.10 Å². The molecule has 0 radical (unpaired) electrons. The SMILES string of the molecule is CCCCC(F)(F)[C@H](O)C=C[C@@H]1[C@@H](CC=CCCCC(=O)O)[C@@H](O)C[C@H]1C. The second kappa shape index (κ2) is 11.5. The molecule has 0 aliphatic heterocycles. The van der Waals surface area contributed by atoms with Crippen LogP contribution in [0.15, 0.2) is 24.3 Å². The minimum Gasteiger partial charge on any atom is -0.481 e. The van der Waals surface area contributed by atoms with Crippen LogP contribution >= 0.6 is 0 Å². The van der Waals surface area contributed by atoms with Crippen molar-refractivity contribution in [1.29, 1.82) is 0 Å². The molecule has 0 aromatic rings. The van der Waals surface area contributed by atoms with Gasteiger partial charge < -0.3 is 15.3 Å². The van der Waals surface area contributed by atoms with Gasteiger partial charge in [-0.15, -0.1) is 0 Å². The van der Waals surface area contributed by atoms with Crippen molar-refractivity contribution in [2.75, 3.05) is 0 Å². The third-order valence-corrected chi connectivity index (χ3v) is 5.41. The van der Waals surface area contributed by atoms with Crippen molar-refractivity contribution in [3.8, 4) is 0 Å². The summed E-state index contributed by atoms with van der Waals surface area (Å²) in [5.41, 5.74) is 0. The number of rotatable bonds is 12. The van der Waals surface area contributed by atoms with Crippen LogP contribution < -0.4 is 0 Å². The maximum Gasteiger partial charge on any atom is 0.303 e. The lowest BCUT2D eigenvalue weighted by Gasteiger charge is -2.23. The van der Waals surface area contributed by atoms with Gasteiger partial charge in [-0.1, -0.05) is 44.6 Å². The van der Waals surface area contributed by atoms with Crippen LogP contribution in [0.4, 0.5) is 8.78 Å². The summed E-state index contributed by atoms with van der Waals surface area (Å²) in [6.07, 6.45) is 7.63. The van der Waals surface area contributed by atoms with E-state index in [0.29, 0.717) is 38.5 Å². The molecule has 1 fully saturated rings. The summed E-state index contributed by atoms with van der Waals surface area (Å²) in [7, 11) is 0. The second-order valence-electron chi connectivity index (χ2n) is 7.71. The number of unbranched alkanes of at least 4 members (excludes halogenated alkanes) is 2. The molecule has 1 saturated carbocycles. The first-order valence-corrected chi connectivity index (χ1v) is 9.98. The molecule has 0 bridgehead atoms. The van der Waals surface area contributed by atoms with Gasteiger partial charge >= 0.3 is 5.97 Å². The Bertz CT molecular complexity index is 504. The highest BCUT2D eigenvalue weighted by atomic mass is 19.3. The number of aliphatic hydroxyl groups excluding tert-OH is 2. The molecule has 0 unspecified atom stereocenters. The van der Waals surface area contributed by atoms with Gasteiger partial charge in [0, 0.05) is 12.8 Å². The van der Waals surface area contributed by atoms with Crippen molar-refractivity contribution in [2.24, 2.45) is 17.8 Å². The summed E-state index contributed by atoms with van der Waals surface area (Å²) in [6.45, 7) is 3.82. The number of aliphatic carboxylic acids is 1. The number of aliphatic hydroxyl groups is 2. The van der Waals surface area contributed by atoms with E-state index in [-0.39, 0.29) is 30.6 Å². The van der Waals surface area contributed by atoms with E-state index in [4.69, 9.17) is 5.11 Å². The summed E-state index contributed by atoms with van der Waals surface area (Å²) in [5.74, 6) is -3.95. The second-order valence-corrected chi connectivity index (χ2v) is 7.71. The highest BCUT2D eigenvalue weighted by Gasteiger charge is 2.39. The van der Waals surface area contributed by atoms with E-state index in [1.165, 1.54) is 6.08 Å². The van der Waals surface area contributed by atoms with Crippen LogP contribution in [0.5, 0.6) is 0 Å². The standard InChI is InChI=1S/C21H34F2O4/c1-3-4-13-21(22,23)19(25)12-11-16-15(2)14-18(24)17(16)9-7-5-6-8-10-20(26)27/h5,7,11-12,15-19,24-25H,3-4,6,8-10,13-14H2,1-2H3,(H,26,27)/t15-,16+,17-,18+,19-/m1/s1. The van der Waals surface area contributed by atoms with Gasteiger partial charge in [0.25, 0.3) is 5.92 Å². The number of carboxylic acid groups (broad SMARTS) is 1. The fourth-order valence-corrected chi connectivity index (χ4v) is 3.71. The molecule has 27 heavy (non-hydrogen) atoms. The summed E-state index contributed by atoms with van der Waals surface area (Å²) in [6, 6.07) is 0. The largest absolute Gasteiger partial charge is 0.481 e. The number of allylic oxidation sites excluding steroid dienone is 3. The van der Waals surface area contributed by atoms with Crippen LogP contribution in [-0.2, 0) is 4.79 Å². The number of hydrogen-bond donors (Lipinski definition) is 3. The third-order valence-electron chi connectivity index (χ3n) is 5.41. The lowest BCUT2D eigenvalue weighted by atomic mass is 9.86. The van der Waals surface area contributed by atoms with E-state index in [1.54, 1.807) is 6.08 Å². The van der Waals surface area contributed by atoms with Crippen LogP contribution in [-0.4, -0.2) is 39.4 Å². The van der Waals surface area contributed by atoms with Crippen LogP contribution in [0.25, 0.3) is 0 Å². The lowest BCUT2D eigenvalue weighted by molar-refractivity contribution is -0.137. The van der Waals surface area contributed by atoms with E-state index in [2.05, 4.69) is 0 Å². The molecule has 5 atom stereocenters. The van der Waals surface area contributed by atoms with Gasteiger partial charge in [-0.25, -0.2) is 8.78 Å². The summed E-state index contributed by atoms with van der Waals surface area (Å²) in [4.78, 5) is 10.5. The summed E-state index contributed by atoms with van der Waals surface area (Å²) in [5, 5.41) is 28.8. The van der Waals surface area contributed by atoms with Gasteiger partial charge in [-0.2, -0.15) is 0 Å². The maximum atomic E-state index is 13.9. The molecule has 0 heterocycles. The Hall–Kier alpha value is -1.27. The van der Waals surface area contributed by atoms with Crippen molar-refractivity contribution in [1.82, 2.24) is 0 Å². The van der Waals surface area contributed by atoms with E-state index in [0.717, 1.165) is 0 Å². The highest BCUT2D eigenvalue weighted by Crippen LogP contribution is 2.40. The molecule has 3 N–H and O–H groups in total. The maximum absolute atomic E-state index is 13.9. The predicted octanol–water partition coefficient (Wildman–Crippen LogP) is 4.56. The smallest absolute Gasteiger partial charge is 0.303 e. The normalized spacial score (nSPS) is 27.6. The molecule has 0 spiro atoms. The Balaban J connectivity index is 2.62. The first kappa shape index (κ1) is 23.8. The van der Waals surface area contributed by atoms with Crippen molar-refractivity contribution in [2.45, 2.75) is 83.3 Å². The third kappa shape index (κ3) is 8.09. The Morgan fingerprint density at radius 1 is 1.30 bits per heavy atom. The van der Waals surface area contributed by atoms with Gasteiger partial charge in [-0.05, 0) is 49.9 Å².